The number of amides is 1. The van der Waals surface area contributed by atoms with Gasteiger partial charge >= 0.3 is 6.09 Å². The second kappa shape index (κ2) is 7.99. The number of anilines is 1. The van der Waals surface area contributed by atoms with Crippen molar-refractivity contribution in [2.24, 2.45) is 5.92 Å². The Bertz CT molecular complexity index is 1040. The first kappa shape index (κ1) is 21.1. The van der Waals surface area contributed by atoms with Crippen molar-refractivity contribution in [1.82, 2.24) is 4.90 Å². The first-order valence-corrected chi connectivity index (χ1v) is 10.6. The number of nitrogens with zero attached hydrogens (tertiary/aromatic N) is 1. The molecule has 0 radical (unpaired) electrons. The maximum absolute atomic E-state index is 14.9. The fourth-order valence-corrected chi connectivity index (χ4v) is 5.13. The van der Waals surface area contributed by atoms with Gasteiger partial charge in [-0.25, -0.2) is 13.6 Å². The van der Waals surface area contributed by atoms with Crippen molar-refractivity contribution < 1.29 is 33.3 Å². The average molecular weight is 446 g/mol. The summed E-state index contributed by atoms with van der Waals surface area (Å²) in [5.41, 5.74) is -1.53. The van der Waals surface area contributed by atoms with Crippen molar-refractivity contribution >= 4 is 11.8 Å². The van der Waals surface area contributed by atoms with Gasteiger partial charge in [0, 0.05) is 37.5 Å². The van der Waals surface area contributed by atoms with Crippen LogP contribution in [0.15, 0.2) is 36.4 Å². The summed E-state index contributed by atoms with van der Waals surface area (Å²) in [5, 5.41) is 23.9. The van der Waals surface area contributed by atoms with Crippen LogP contribution >= 0.6 is 0 Å². The number of ether oxygens (including phenoxy) is 2. The number of rotatable bonds is 5. The minimum atomic E-state index is -1.30. The lowest BCUT2D eigenvalue weighted by Gasteiger charge is -2.26. The fraction of sp³-hybridized carbons (Fsp3) is 0.435. The lowest BCUT2D eigenvalue weighted by molar-refractivity contribution is 0.0177. The van der Waals surface area contributed by atoms with E-state index in [9.17, 15) is 23.8 Å². The number of benzene rings is 2. The number of fused-ring (bicyclic) bond motifs is 2. The Labute approximate surface area is 183 Å². The van der Waals surface area contributed by atoms with Crippen molar-refractivity contribution in [3.63, 3.8) is 0 Å². The van der Waals surface area contributed by atoms with Crippen LogP contribution in [-0.2, 0) is 11.3 Å². The molecule has 1 amide bonds. The highest BCUT2D eigenvalue weighted by Gasteiger charge is 2.53. The zero-order chi connectivity index (χ0) is 22.5. The topological polar surface area (TPSA) is 91.3 Å². The highest BCUT2D eigenvalue weighted by Crippen LogP contribution is 2.43. The monoisotopic (exact) mass is 446 g/mol. The van der Waals surface area contributed by atoms with Crippen molar-refractivity contribution in [2.45, 2.75) is 37.3 Å². The molecule has 4 atom stereocenters. The van der Waals surface area contributed by atoms with Crippen LogP contribution in [-0.4, -0.2) is 52.5 Å². The summed E-state index contributed by atoms with van der Waals surface area (Å²) in [5.74, 6) is -0.899. The number of carbonyl (C=O) groups excluding carboxylic acids is 1. The van der Waals surface area contributed by atoms with Gasteiger partial charge in [-0.1, -0.05) is 18.2 Å². The lowest BCUT2D eigenvalue weighted by Crippen LogP contribution is -2.36. The highest BCUT2D eigenvalue weighted by molar-refractivity contribution is 5.87. The Morgan fingerprint density at radius 2 is 2.09 bits per heavy atom. The summed E-state index contributed by atoms with van der Waals surface area (Å²) in [6, 6.07) is 10.4. The van der Waals surface area contributed by atoms with Crippen LogP contribution in [0.3, 0.4) is 0 Å². The van der Waals surface area contributed by atoms with E-state index in [2.05, 4.69) is 5.32 Å². The smallest absolute Gasteiger partial charge is 0.412 e. The summed E-state index contributed by atoms with van der Waals surface area (Å²) in [7, 11) is 0. The predicted molar refractivity (Wildman–Crippen MR) is 110 cm³/mol. The molecule has 2 aromatic rings. The van der Waals surface area contributed by atoms with E-state index >= 15 is 0 Å². The number of carbonyl (C=O) groups is 1. The van der Waals surface area contributed by atoms with Crippen molar-refractivity contribution in [2.75, 3.05) is 25.0 Å². The van der Waals surface area contributed by atoms with Gasteiger partial charge in [0.15, 0.2) is 0 Å². The Kier molecular flexibility index (Phi) is 5.27. The first-order chi connectivity index (χ1) is 15.3. The van der Waals surface area contributed by atoms with E-state index in [-0.39, 0.29) is 35.4 Å². The third kappa shape index (κ3) is 3.80. The predicted octanol–water partition coefficient (Wildman–Crippen LogP) is 2.96. The van der Waals surface area contributed by atoms with Crippen molar-refractivity contribution in [3.8, 4) is 5.75 Å². The van der Waals surface area contributed by atoms with E-state index in [1.165, 1.54) is 0 Å². The number of cyclic esters (lactones) is 1. The molecule has 0 bridgehead atoms. The maximum Gasteiger partial charge on any atom is 0.412 e. The molecule has 170 valence electrons. The van der Waals surface area contributed by atoms with E-state index in [0.717, 1.165) is 11.8 Å². The third-order valence-corrected chi connectivity index (χ3v) is 6.62. The lowest BCUT2D eigenvalue weighted by atomic mass is 9.95. The van der Waals surface area contributed by atoms with E-state index in [1.54, 1.807) is 0 Å². The van der Waals surface area contributed by atoms with Crippen molar-refractivity contribution in [1.29, 1.82) is 0 Å². The quantitative estimate of drug-likeness (QED) is 0.654. The highest BCUT2D eigenvalue weighted by atomic mass is 19.1. The number of aliphatic hydroxyl groups is 2. The number of halogens is 2. The molecule has 1 aliphatic carbocycles. The number of hydrogen-bond acceptors (Lipinski definition) is 6. The SMILES string of the molecule is O=C1Nc2c(F)cc([C@H](O)CN3C[C@H]4C[C@H](Oc5ccccc5)C[C@@]4(O)C3)c(F)c2CO1. The Hall–Kier alpha value is -2.75. The van der Waals surface area contributed by atoms with E-state index in [4.69, 9.17) is 9.47 Å². The standard InChI is InChI=1S/C23H24F2N2O5/c24-18-7-16(20(25)17-11-31-22(29)26-21(17)18)19(28)10-27-9-13-6-15(8-23(13,30)12-27)32-14-4-2-1-3-5-14/h1-5,7,13,15,19,28,30H,6,8-12H2,(H,26,29)/t13-,15+,19-,23-/m1/s1. The van der Waals surface area contributed by atoms with Crippen LogP contribution in [0.4, 0.5) is 19.3 Å². The van der Waals surface area contributed by atoms with Crippen LogP contribution in [0.2, 0.25) is 0 Å². The van der Waals surface area contributed by atoms with E-state index in [1.807, 2.05) is 35.2 Å². The van der Waals surface area contributed by atoms with Crippen LogP contribution < -0.4 is 10.1 Å². The second-order valence-corrected chi connectivity index (χ2v) is 8.82. The molecular weight excluding hydrogens is 422 g/mol. The van der Waals surface area contributed by atoms with Gasteiger partial charge in [-0.3, -0.25) is 10.2 Å². The van der Waals surface area contributed by atoms with Crippen LogP contribution in [0, 0.1) is 17.6 Å². The number of likely N-dealkylation sites (tertiary alicyclic amines) is 1. The Morgan fingerprint density at radius 1 is 1.31 bits per heavy atom. The molecule has 7 nitrogen and oxygen atoms in total. The number of β-amino-alcohol motifs (C(OH)–C–C–N with tert-alkyl or cyclic N) is 2. The summed E-state index contributed by atoms with van der Waals surface area (Å²) in [6.07, 6.45) is -1.10. The molecule has 3 aliphatic rings. The molecule has 32 heavy (non-hydrogen) atoms. The normalized spacial score (nSPS) is 27.9. The summed E-state index contributed by atoms with van der Waals surface area (Å²) in [6.45, 7) is 0.484. The largest absolute Gasteiger partial charge is 0.490 e. The average Bonchev–Trinajstić information content (AvgIpc) is 3.21. The Morgan fingerprint density at radius 3 is 2.84 bits per heavy atom. The molecule has 2 fully saturated rings. The van der Waals surface area contributed by atoms with Crippen LogP contribution in [0.1, 0.15) is 30.1 Å². The van der Waals surface area contributed by atoms with Crippen LogP contribution in [0.25, 0.3) is 0 Å². The molecule has 0 spiro atoms. The minimum absolute atomic E-state index is 0.0304. The van der Waals surface area contributed by atoms with Gasteiger partial charge in [-0.2, -0.15) is 0 Å². The van der Waals surface area contributed by atoms with Gasteiger partial charge in [0.2, 0.25) is 0 Å². The van der Waals surface area contributed by atoms with Gasteiger partial charge in [0.05, 0.1) is 23.0 Å². The van der Waals surface area contributed by atoms with Gasteiger partial charge in [-0.05, 0) is 24.6 Å². The minimum Gasteiger partial charge on any atom is -0.490 e. The zero-order valence-corrected chi connectivity index (χ0v) is 17.3. The first-order valence-electron chi connectivity index (χ1n) is 10.6. The molecule has 9 heteroatoms. The van der Waals surface area contributed by atoms with Gasteiger partial charge in [0.25, 0.3) is 0 Å². The number of hydrogen-bond donors (Lipinski definition) is 3. The molecule has 1 saturated heterocycles. The fourth-order valence-electron chi connectivity index (χ4n) is 5.13. The molecule has 1 saturated carbocycles. The number of nitrogens with one attached hydrogen (secondary N) is 1. The maximum atomic E-state index is 14.9. The number of para-hydroxylation sites is 1. The van der Waals surface area contributed by atoms with E-state index in [0.29, 0.717) is 25.9 Å². The van der Waals surface area contributed by atoms with Gasteiger partial charge in [0.1, 0.15) is 30.1 Å². The molecule has 0 unspecified atom stereocenters. The van der Waals surface area contributed by atoms with E-state index < -0.39 is 36.0 Å². The molecule has 2 heterocycles. The number of aliphatic hydroxyl groups excluding tert-OH is 1. The summed E-state index contributed by atoms with van der Waals surface area (Å²) >= 11 is 0. The molecule has 0 aromatic heterocycles. The zero-order valence-electron chi connectivity index (χ0n) is 17.3. The van der Waals surface area contributed by atoms with Crippen molar-refractivity contribution in [3.05, 3.63) is 59.2 Å². The molecule has 5 rings (SSSR count). The molecule has 2 aromatic carbocycles. The summed E-state index contributed by atoms with van der Waals surface area (Å²) < 4.78 is 40.0. The summed E-state index contributed by atoms with van der Waals surface area (Å²) in [4.78, 5) is 13.1. The van der Waals surface area contributed by atoms with Gasteiger partial charge < -0.3 is 19.7 Å². The molecular formula is C23H24F2N2O5. The Balaban J connectivity index is 1.24. The molecule has 3 N–H and O–H groups in total. The van der Waals surface area contributed by atoms with Crippen LogP contribution in [0.5, 0.6) is 5.75 Å². The molecule has 2 aliphatic heterocycles. The third-order valence-electron chi connectivity index (χ3n) is 6.62. The second-order valence-electron chi connectivity index (χ2n) is 8.82. The van der Waals surface area contributed by atoms with Gasteiger partial charge in [-0.15, -0.1) is 0 Å².